The van der Waals surface area contributed by atoms with Gasteiger partial charge in [0, 0.05) is 85.4 Å². The first-order valence-electron chi connectivity index (χ1n) is 24.7. The maximum atomic E-state index is 13.9. The third kappa shape index (κ3) is 11.6. The van der Waals surface area contributed by atoms with Gasteiger partial charge in [0.1, 0.15) is 17.9 Å². The molecule has 4 fully saturated rings. The van der Waals surface area contributed by atoms with Gasteiger partial charge in [0.25, 0.3) is 11.1 Å². The normalized spacial score (nSPS) is 16.0. The molecule has 1 N–H and O–H groups in total. The first-order valence-corrected chi connectivity index (χ1v) is 27.0. The van der Waals surface area contributed by atoms with Crippen molar-refractivity contribution in [2.24, 2.45) is 11.8 Å². The Balaban J connectivity index is 0.000000149. The predicted octanol–water partition coefficient (Wildman–Crippen LogP) is 13.4. The first kappa shape index (κ1) is 53.3. The SMILES string of the molecule is C1CN(CC2CNC2)C1.O=Cc1cc(-c2ccc(F)cc2Cl)c2ccc(=O)n(-c3c(Cl)cccc3Cl)c2c1.O=c1ccc2c(-c3ccc(F)cc3Cl)cc(CN3CC(CN4CCC4)C3)cc2n1-c1c(Cl)cccc1Cl. The second-order valence-corrected chi connectivity index (χ2v) is 21.9. The van der Waals surface area contributed by atoms with Gasteiger partial charge in [0.05, 0.1) is 52.5 Å². The van der Waals surface area contributed by atoms with Gasteiger partial charge in [-0.05, 0) is 165 Å². The van der Waals surface area contributed by atoms with E-state index in [0.29, 0.717) is 77.3 Å². The largest absolute Gasteiger partial charge is 0.316 e. The van der Waals surface area contributed by atoms with Crippen LogP contribution in [0.1, 0.15) is 28.8 Å². The second kappa shape index (κ2) is 23.2. The Hall–Kier alpha value is -5.15. The fraction of sp³-hybridized carbons (Fsp3) is 0.259. The zero-order valence-corrected chi connectivity index (χ0v) is 45.0. The lowest BCUT2D eigenvalue weighted by atomic mass is 9.94. The molecule has 75 heavy (non-hydrogen) atoms. The molecule has 0 atom stereocenters. The van der Waals surface area contributed by atoms with E-state index in [1.165, 1.54) is 106 Å². The molecule has 8 aromatic rings. The van der Waals surface area contributed by atoms with Gasteiger partial charge >= 0.3 is 0 Å². The maximum Gasteiger partial charge on any atom is 0.255 e. The summed E-state index contributed by atoms with van der Waals surface area (Å²) in [6, 6.07) is 32.1. The summed E-state index contributed by atoms with van der Waals surface area (Å²) in [6.07, 6.45) is 3.40. The van der Waals surface area contributed by atoms with Crippen LogP contribution in [0.4, 0.5) is 8.78 Å². The molecular weight excluding hydrogens is 1080 g/mol. The highest BCUT2D eigenvalue weighted by atomic mass is 35.5. The van der Waals surface area contributed by atoms with Crippen molar-refractivity contribution < 1.29 is 13.6 Å². The number of nitrogens with zero attached hydrogens (tertiary/aromatic N) is 5. The molecular formula is C58H50Cl6F2N6O3. The number of carbonyl (C=O) groups excluding carboxylic acids is 1. The quantitative estimate of drug-likeness (QED) is 0.129. The van der Waals surface area contributed by atoms with Gasteiger partial charge in [-0.2, -0.15) is 0 Å². The summed E-state index contributed by atoms with van der Waals surface area (Å²) in [7, 11) is 0. The topological polar surface area (TPSA) is 82.8 Å². The molecule has 9 nitrogen and oxygen atoms in total. The number of para-hydroxylation sites is 2. The average molecular weight is 1130 g/mol. The molecule has 0 amide bonds. The van der Waals surface area contributed by atoms with Crippen LogP contribution in [0.15, 0.2) is 131 Å². The number of hydrogen-bond donors (Lipinski definition) is 1. The lowest BCUT2D eigenvalue weighted by Crippen LogP contribution is -2.53. The highest BCUT2D eigenvalue weighted by Crippen LogP contribution is 2.40. The fourth-order valence-electron chi connectivity index (χ4n) is 10.2. The van der Waals surface area contributed by atoms with Crippen LogP contribution in [0, 0.1) is 23.5 Å². The lowest BCUT2D eigenvalue weighted by molar-refractivity contribution is 0.0424. The van der Waals surface area contributed by atoms with Crippen LogP contribution in [0.3, 0.4) is 0 Å². The number of aldehydes is 1. The number of halogens is 8. The summed E-state index contributed by atoms with van der Waals surface area (Å²) in [6.45, 7) is 13.0. The molecule has 0 bridgehead atoms. The molecule has 6 heterocycles. The number of aromatic nitrogens is 2. The van der Waals surface area contributed by atoms with E-state index in [4.69, 9.17) is 69.6 Å². The number of likely N-dealkylation sites (tertiary alicyclic amines) is 3. The number of benzene rings is 6. The molecule has 0 aliphatic carbocycles. The van der Waals surface area contributed by atoms with Crippen LogP contribution in [-0.2, 0) is 6.54 Å². The van der Waals surface area contributed by atoms with Crippen molar-refractivity contribution in [2.75, 3.05) is 65.4 Å². The van der Waals surface area contributed by atoms with Gasteiger partial charge in [0.15, 0.2) is 0 Å². The smallest absolute Gasteiger partial charge is 0.255 e. The summed E-state index contributed by atoms with van der Waals surface area (Å²) in [5.74, 6) is 0.786. The highest BCUT2D eigenvalue weighted by molar-refractivity contribution is 6.39. The van der Waals surface area contributed by atoms with E-state index in [-0.39, 0.29) is 26.2 Å². The van der Waals surface area contributed by atoms with Gasteiger partial charge < -0.3 is 15.1 Å². The Labute approximate surface area is 462 Å². The molecule has 6 aromatic carbocycles. The Kier molecular flexibility index (Phi) is 16.5. The first-order chi connectivity index (χ1) is 36.2. The number of carbonyl (C=O) groups is 1. The van der Waals surface area contributed by atoms with Crippen LogP contribution in [0.5, 0.6) is 0 Å². The fourth-order valence-corrected chi connectivity index (χ4v) is 11.8. The molecule has 0 unspecified atom stereocenters. The zero-order chi connectivity index (χ0) is 52.5. The van der Waals surface area contributed by atoms with Crippen LogP contribution in [0.25, 0.3) is 55.4 Å². The number of fused-ring (bicyclic) bond motifs is 2. The Morgan fingerprint density at radius 1 is 0.507 bits per heavy atom. The van der Waals surface area contributed by atoms with Crippen molar-refractivity contribution in [2.45, 2.75) is 19.4 Å². The van der Waals surface area contributed by atoms with Crippen LogP contribution < -0.4 is 16.4 Å². The number of pyridine rings is 2. The highest BCUT2D eigenvalue weighted by Gasteiger charge is 2.30. The lowest BCUT2D eigenvalue weighted by Gasteiger charge is -2.44. The number of nitrogens with one attached hydrogen (secondary N) is 1. The molecule has 0 spiro atoms. The maximum absolute atomic E-state index is 13.9. The standard InChI is InChI=1S/C29H25Cl3FN3O.C22H11Cl3FNO2.C7H14N2/c30-24-3-1-4-25(31)29(24)36-27-12-18(14-35-16-19(17-35)15-34-9-2-10-34)11-23(22(27)7-8-28(36)37)21-6-5-20(33)13-26(21)32;23-17-2-1-3-18(24)22(17)27-20-9-12(11-28)8-16(15(20)6-7-21(27)29)14-5-4-13(26)10-19(14)25;1-2-9(3-1)6-7-4-8-5-7/h1,3-8,11-13,19H,2,9-10,14-17H2;1-11H;7-8H,1-6H2. The summed E-state index contributed by atoms with van der Waals surface area (Å²) in [4.78, 5) is 45.1. The van der Waals surface area contributed by atoms with E-state index >= 15 is 0 Å². The Morgan fingerprint density at radius 2 is 0.973 bits per heavy atom. The number of hydrogen-bond acceptors (Lipinski definition) is 7. The molecule has 386 valence electrons. The average Bonchev–Trinajstić information content (AvgIpc) is 3.32. The van der Waals surface area contributed by atoms with Gasteiger partial charge in [-0.1, -0.05) is 81.7 Å². The van der Waals surface area contributed by atoms with Gasteiger partial charge in [-0.25, -0.2) is 8.78 Å². The zero-order valence-electron chi connectivity index (χ0n) is 40.5. The van der Waals surface area contributed by atoms with Crippen LogP contribution in [0.2, 0.25) is 30.1 Å². The van der Waals surface area contributed by atoms with Crippen molar-refractivity contribution in [1.29, 1.82) is 0 Å². The van der Waals surface area contributed by atoms with Crippen molar-refractivity contribution in [3.8, 4) is 33.6 Å². The molecule has 4 aliphatic heterocycles. The van der Waals surface area contributed by atoms with Gasteiger partial charge in [0.2, 0.25) is 0 Å². The molecule has 0 radical (unpaired) electrons. The third-order valence-electron chi connectivity index (χ3n) is 14.2. The summed E-state index contributed by atoms with van der Waals surface area (Å²) in [5, 5.41) is 6.53. The van der Waals surface area contributed by atoms with E-state index in [2.05, 4.69) is 26.1 Å². The number of rotatable bonds is 11. The van der Waals surface area contributed by atoms with E-state index < -0.39 is 11.6 Å². The monoisotopic (exact) mass is 1130 g/mol. The van der Waals surface area contributed by atoms with Crippen molar-refractivity contribution >= 4 is 97.7 Å². The Bertz CT molecular complexity index is 3540. The second-order valence-electron chi connectivity index (χ2n) is 19.5. The Morgan fingerprint density at radius 3 is 1.40 bits per heavy atom. The summed E-state index contributed by atoms with van der Waals surface area (Å²) >= 11 is 38.5. The molecule has 4 aliphatic rings. The minimum Gasteiger partial charge on any atom is -0.316 e. The molecule has 4 saturated heterocycles. The van der Waals surface area contributed by atoms with Crippen molar-refractivity contribution in [3.63, 3.8) is 0 Å². The minimum atomic E-state index is -0.477. The predicted molar refractivity (Wildman–Crippen MR) is 303 cm³/mol. The molecule has 12 rings (SSSR count). The minimum absolute atomic E-state index is 0.183. The molecule has 17 heteroatoms. The van der Waals surface area contributed by atoms with E-state index in [9.17, 15) is 23.2 Å². The summed E-state index contributed by atoms with van der Waals surface area (Å²) in [5.41, 5.74) is 5.21. The van der Waals surface area contributed by atoms with Crippen LogP contribution >= 0.6 is 69.6 Å². The van der Waals surface area contributed by atoms with Crippen molar-refractivity contribution in [1.82, 2.24) is 29.2 Å². The van der Waals surface area contributed by atoms with E-state index in [1.54, 1.807) is 71.3 Å². The van der Waals surface area contributed by atoms with Gasteiger partial charge in [-0.15, -0.1) is 0 Å². The van der Waals surface area contributed by atoms with Crippen molar-refractivity contribution in [3.05, 3.63) is 195 Å². The molecule has 2 aromatic heterocycles. The van der Waals surface area contributed by atoms with Gasteiger partial charge in [-0.3, -0.25) is 28.4 Å². The van der Waals surface area contributed by atoms with E-state index in [0.717, 1.165) is 48.6 Å². The van der Waals surface area contributed by atoms with Crippen LogP contribution in [-0.4, -0.2) is 95.6 Å². The molecule has 0 saturated carbocycles. The summed E-state index contributed by atoms with van der Waals surface area (Å²) < 4.78 is 30.3. The third-order valence-corrected chi connectivity index (χ3v) is 16.1. The van der Waals surface area contributed by atoms with E-state index in [1.807, 2.05) is 6.07 Å².